The van der Waals surface area contributed by atoms with Gasteiger partial charge in [-0.1, -0.05) is 0 Å². The predicted molar refractivity (Wildman–Crippen MR) is 92.8 cm³/mol. The number of hydrogen-bond acceptors (Lipinski definition) is 7. The molecule has 0 radical (unpaired) electrons. The van der Waals surface area contributed by atoms with Crippen molar-refractivity contribution < 1.29 is 28.5 Å². The van der Waals surface area contributed by atoms with Crippen LogP contribution in [0.15, 0.2) is 36.1 Å². The zero-order valence-corrected chi connectivity index (χ0v) is 14.8. The second kappa shape index (κ2) is 7.78. The Morgan fingerprint density at radius 1 is 1.15 bits per heavy atom. The van der Waals surface area contributed by atoms with Gasteiger partial charge in [0.15, 0.2) is 0 Å². The zero-order valence-electron chi connectivity index (χ0n) is 14.8. The quantitative estimate of drug-likeness (QED) is 0.634. The molecular weight excluding hydrogens is 338 g/mol. The third-order valence-corrected chi connectivity index (χ3v) is 5.13. The summed E-state index contributed by atoms with van der Waals surface area (Å²) in [5, 5.41) is 0. The minimum absolute atomic E-state index is 0.0265. The molecule has 4 atom stereocenters. The fourth-order valence-corrected chi connectivity index (χ4v) is 3.81. The van der Waals surface area contributed by atoms with E-state index in [2.05, 4.69) is 0 Å². The van der Waals surface area contributed by atoms with Gasteiger partial charge in [-0.3, -0.25) is 0 Å². The molecule has 26 heavy (non-hydrogen) atoms. The summed E-state index contributed by atoms with van der Waals surface area (Å²) in [5.41, 5.74) is 7.18. The van der Waals surface area contributed by atoms with E-state index in [-0.39, 0.29) is 24.4 Å². The van der Waals surface area contributed by atoms with Gasteiger partial charge in [-0.05, 0) is 37.1 Å². The first-order valence-corrected chi connectivity index (χ1v) is 8.54. The second-order valence-electron chi connectivity index (χ2n) is 6.55. The van der Waals surface area contributed by atoms with Crippen LogP contribution in [0.25, 0.3) is 0 Å². The Morgan fingerprint density at radius 3 is 2.54 bits per heavy atom. The van der Waals surface area contributed by atoms with E-state index in [0.717, 1.165) is 12.8 Å². The molecule has 0 aromatic heterocycles. The molecule has 1 aliphatic carbocycles. The molecule has 140 valence electrons. The summed E-state index contributed by atoms with van der Waals surface area (Å²) in [6.45, 7) is 0.238. The van der Waals surface area contributed by atoms with E-state index in [1.165, 1.54) is 13.4 Å². The molecule has 2 N–H and O–H groups in total. The number of anilines is 1. The molecule has 0 saturated heterocycles. The van der Waals surface area contributed by atoms with Crippen LogP contribution in [-0.4, -0.2) is 39.1 Å². The molecular formula is C19H23NO6. The van der Waals surface area contributed by atoms with Crippen molar-refractivity contribution in [2.45, 2.75) is 19.1 Å². The largest absolute Gasteiger partial charge is 0.472 e. The highest BCUT2D eigenvalue weighted by Crippen LogP contribution is 2.47. The van der Waals surface area contributed by atoms with E-state index in [4.69, 9.17) is 24.7 Å². The summed E-state index contributed by atoms with van der Waals surface area (Å²) in [7, 11) is 2.91. The molecule has 1 heterocycles. The Bertz CT molecular complexity index is 698. The number of nitrogens with two attached hydrogens (primary N) is 1. The Labute approximate surface area is 152 Å². The molecule has 0 spiro atoms. The van der Waals surface area contributed by atoms with Crippen LogP contribution in [0, 0.1) is 17.8 Å². The van der Waals surface area contributed by atoms with Crippen LogP contribution in [0.1, 0.15) is 23.2 Å². The van der Waals surface area contributed by atoms with Crippen LogP contribution in [0.5, 0.6) is 0 Å². The first-order valence-electron chi connectivity index (χ1n) is 8.54. The van der Waals surface area contributed by atoms with Gasteiger partial charge in [0.05, 0.1) is 31.1 Å². The van der Waals surface area contributed by atoms with Crippen molar-refractivity contribution >= 4 is 17.6 Å². The van der Waals surface area contributed by atoms with Gasteiger partial charge in [-0.2, -0.15) is 0 Å². The smallest absolute Gasteiger partial charge is 0.338 e. The zero-order chi connectivity index (χ0) is 18.7. The molecule has 0 bridgehead atoms. The van der Waals surface area contributed by atoms with Crippen molar-refractivity contribution in [3.8, 4) is 0 Å². The van der Waals surface area contributed by atoms with Crippen LogP contribution in [0.4, 0.5) is 5.69 Å². The SMILES string of the molecule is COC(=O)C1=COC(OC)C2C(COC(=O)c3ccc(N)cc3)CCC12. The van der Waals surface area contributed by atoms with Crippen LogP contribution < -0.4 is 5.73 Å². The van der Waals surface area contributed by atoms with E-state index in [0.29, 0.717) is 16.8 Å². The number of methoxy groups -OCH3 is 2. The molecule has 4 unspecified atom stereocenters. The Balaban J connectivity index is 1.67. The van der Waals surface area contributed by atoms with Crippen LogP contribution in [0.2, 0.25) is 0 Å². The molecule has 2 aliphatic rings. The van der Waals surface area contributed by atoms with Crippen LogP contribution in [-0.2, 0) is 23.7 Å². The third-order valence-electron chi connectivity index (χ3n) is 5.13. The number of rotatable bonds is 5. The van der Waals surface area contributed by atoms with Gasteiger partial charge in [0, 0.05) is 30.6 Å². The lowest BCUT2D eigenvalue weighted by Crippen LogP contribution is -2.39. The number of hydrogen-bond donors (Lipinski definition) is 1. The maximum Gasteiger partial charge on any atom is 0.338 e. The van der Waals surface area contributed by atoms with Crippen LogP contribution >= 0.6 is 0 Å². The van der Waals surface area contributed by atoms with Gasteiger partial charge in [-0.15, -0.1) is 0 Å². The molecule has 1 aromatic rings. The lowest BCUT2D eigenvalue weighted by molar-refractivity contribution is -0.157. The summed E-state index contributed by atoms with van der Waals surface area (Å²) in [4.78, 5) is 24.2. The molecule has 1 aromatic carbocycles. The highest BCUT2D eigenvalue weighted by Gasteiger charge is 2.48. The fourth-order valence-electron chi connectivity index (χ4n) is 3.81. The Hall–Kier alpha value is -2.54. The molecule has 3 rings (SSSR count). The fraction of sp³-hybridized carbons (Fsp3) is 0.474. The van der Waals surface area contributed by atoms with Gasteiger partial charge >= 0.3 is 11.9 Å². The standard InChI is InChI=1S/C19H23NO6/c1-23-18(22)15-10-26-19(24-2)16-12(5-8-14(15)16)9-25-17(21)11-3-6-13(20)7-4-11/h3-4,6-7,10,12,14,16,19H,5,8-9,20H2,1-2H3. The maximum atomic E-state index is 12.2. The Morgan fingerprint density at radius 2 is 1.88 bits per heavy atom. The summed E-state index contributed by atoms with van der Waals surface area (Å²) >= 11 is 0. The Kier molecular flexibility index (Phi) is 5.46. The molecule has 1 saturated carbocycles. The molecule has 0 amide bonds. The van der Waals surface area contributed by atoms with E-state index in [1.54, 1.807) is 31.4 Å². The van der Waals surface area contributed by atoms with Crippen molar-refractivity contribution in [3.05, 3.63) is 41.7 Å². The van der Waals surface area contributed by atoms with Crippen molar-refractivity contribution in [1.29, 1.82) is 0 Å². The van der Waals surface area contributed by atoms with E-state index >= 15 is 0 Å². The van der Waals surface area contributed by atoms with Gasteiger partial charge < -0.3 is 24.7 Å². The number of benzene rings is 1. The summed E-state index contributed by atoms with van der Waals surface area (Å²) in [6.07, 6.45) is 2.56. The van der Waals surface area contributed by atoms with Gasteiger partial charge in [0.25, 0.3) is 0 Å². The lowest BCUT2D eigenvalue weighted by Gasteiger charge is -2.34. The first kappa shape index (κ1) is 18.3. The van der Waals surface area contributed by atoms with Crippen molar-refractivity contribution in [1.82, 2.24) is 0 Å². The summed E-state index contributed by atoms with van der Waals surface area (Å²) in [5.74, 6) is -0.854. The van der Waals surface area contributed by atoms with Gasteiger partial charge in [-0.25, -0.2) is 9.59 Å². The van der Waals surface area contributed by atoms with E-state index in [9.17, 15) is 9.59 Å². The minimum Gasteiger partial charge on any atom is -0.472 e. The number of ether oxygens (including phenoxy) is 4. The highest BCUT2D eigenvalue weighted by molar-refractivity contribution is 5.90. The number of carbonyl (C=O) groups excluding carboxylic acids is 2. The predicted octanol–water partition coefficient (Wildman–Crippen LogP) is 2.13. The number of nitrogen functional groups attached to an aromatic ring is 1. The molecule has 7 nitrogen and oxygen atoms in total. The van der Waals surface area contributed by atoms with Crippen LogP contribution in [0.3, 0.4) is 0 Å². The van der Waals surface area contributed by atoms with Gasteiger partial charge in [0.1, 0.15) is 0 Å². The highest BCUT2D eigenvalue weighted by atomic mass is 16.7. The van der Waals surface area contributed by atoms with E-state index < -0.39 is 18.2 Å². The van der Waals surface area contributed by atoms with Gasteiger partial charge in [0.2, 0.25) is 6.29 Å². The minimum atomic E-state index is -0.476. The topological polar surface area (TPSA) is 97.1 Å². The molecule has 1 fully saturated rings. The normalized spacial score (nSPS) is 27.1. The summed E-state index contributed by atoms with van der Waals surface area (Å²) < 4.78 is 21.3. The lowest BCUT2D eigenvalue weighted by atomic mass is 9.83. The van der Waals surface area contributed by atoms with Crippen molar-refractivity contribution in [3.63, 3.8) is 0 Å². The number of carbonyl (C=O) groups is 2. The number of esters is 2. The molecule has 1 aliphatic heterocycles. The third kappa shape index (κ3) is 3.53. The number of fused-ring (bicyclic) bond motifs is 1. The summed E-state index contributed by atoms with van der Waals surface area (Å²) in [6, 6.07) is 6.58. The van der Waals surface area contributed by atoms with Crippen molar-refractivity contribution in [2.75, 3.05) is 26.6 Å². The van der Waals surface area contributed by atoms with E-state index in [1.807, 2.05) is 0 Å². The van der Waals surface area contributed by atoms with Crippen molar-refractivity contribution in [2.24, 2.45) is 17.8 Å². The average molecular weight is 361 g/mol. The average Bonchev–Trinajstić information content (AvgIpc) is 3.09. The first-order chi connectivity index (χ1) is 12.5. The monoisotopic (exact) mass is 361 g/mol. The molecule has 7 heteroatoms. The second-order valence-corrected chi connectivity index (χ2v) is 6.55. The maximum absolute atomic E-state index is 12.2.